The van der Waals surface area contributed by atoms with Gasteiger partial charge >= 0.3 is 0 Å². The van der Waals surface area contributed by atoms with Crippen LogP contribution in [0, 0.1) is 5.82 Å². The highest BCUT2D eigenvalue weighted by Gasteiger charge is 2.40. The van der Waals surface area contributed by atoms with Crippen molar-refractivity contribution < 1.29 is 24.5 Å². The van der Waals surface area contributed by atoms with Gasteiger partial charge in [-0.25, -0.2) is 4.39 Å². The van der Waals surface area contributed by atoms with E-state index in [1.807, 2.05) is 0 Å². The second kappa shape index (κ2) is 6.95. The Morgan fingerprint density at radius 3 is 2.38 bits per heavy atom. The number of halogens is 1. The Kier molecular flexibility index (Phi) is 5.24. The lowest BCUT2D eigenvalue weighted by molar-refractivity contribution is -0.120. The average molecular weight is 298 g/mol. The summed E-state index contributed by atoms with van der Waals surface area (Å²) in [6, 6.07) is 4.51. The monoisotopic (exact) mass is 298 g/mol. The standard InChI is InChI=1S/C14H19FN2O4/c15-9-3-1-8(2-4-9)5-12(19)16-6-10-13(20)14(21)11(7-18)17-10/h1-4,10-11,13-14,17-18,20-21H,5-7H2,(H,16,19)/t10-,11-,13-,14+/m1/s1. The number of benzene rings is 1. The van der Waals surface area contributed by atoms with Gasteiger partial charge in [0.2, 0.25) is 5.91 Å². The van der Waals surface area contributed by atoms with Crippen molar-refractivity contribution in [3.63, 3.8) is 0 Å². The molecule has 1 aliphatic rings. The van der Waals surface area contributed by atoms with E-state index < -0.39 is 24.3 Å². The zero-order valence-electron chi connectivity index (χ0n) is 11.4. The molecular weight excluding hydrogens is 279 g/mol. The van der Waals surface area contributed by atoms with Crippen molar-refractivity contribution >= 4 is 5.91 Å². The van der Waals surface area contributed by atoms with E-state index in [9.17, 15) is 19.4 Å². The van der Waals surface area contributed by atoms with E-state index in [1.54, 1.807) is 0 Å². The van der Waals surface area contributed by atoms with E-state index in [2.05, 4.69) is 10.6 Å². The molecule has 4 atom stereocenters. The molecule has 116 valence electrons. The van der Waals surface area contributed by atoms with E-state index in [0.717, 1.165) is 0 Å². The van der Waals surface area contributed by atoms with Crippen molar-refractivity contribution in [2.75, 3.05) is 13.2 Å². The molecule has 0 bridgehead atoms. The van der Waals surface area contributed by atoms with Crippen LogP contribution in [0.3, 0.4) is 0 Å². The minimum absolute atomic E-state index is 0.106. The number of nitrogens with one attached hydrogen (secondary N) is 2. The van der Waals surface area contributed by atoms with Gasteiger partial charge in [-0.15, -0.1) is 0 Å². The molecule has 0 spiro atoms. The maximum atomic E-state index is 12.7. The third-order valence-corrected chi connectivity index (χ3v) is 3.60. The van der Waals surface area contributed by atoms with Crippen molar-refractivity contribution in [1.82, 2.24) is 10.6 Å². The van der Waals surface area contributed by atoms with Gasteiger partial charge < -0.3 is 26.0 Å². The smallest absolute Gasteiger partial charge is 0.224 e. The molecule has 0 saturated carbocycles. The second-order valence-electron chi connectivity index (χ2n) is 5.15. The van der Waals surface area contributed by atoms with Crippen LogP contribution in [0.4, 0.5) is 4.39 Å². The van der Waals surface area contributed by atoms with Crippen molar-refractivity contribution in [1.29, 1.82) is 0 Å². The van der Waals surface area contributed by atoms with Crippen LogP contribution in [0.5, 0.6) is 0 Å². The Morgan fingerprint density at radius 1 is 1.19 bits per heavy atom. The van der Waals surface area contributed by atoms with E-state index >= 15 is 0 Å². The van der Waals surface area contributed by atoms with E-state index in [0.29, 0.717) is 5.56 Å². The highest BCUT2D eigenvalue weighted by Crippen LogP contribution is 2.13. The summed E-state index contributed by atoms with van der Waals surface area (Å²) in [6.07, 6.45) is -2.00. The normalized spacial score (nSPS) is 28.6. The molecule has 1 saturated heterocycles. The zero-order valence-corrected chi connectivity index (χ0v) is 11.4. The first-order valence-corrected chi connectivity index (χ1v) is 6.75. The second-order valence-corrected chi connectivity index (χ2v) is 5.15. The van der Waals surface area contributed by atoms with Gasteiger partial charge in [0, 0.05) is 6.54 Å². The lowest BCUT2D eigenvalue weighted by Gasteiger charge is -2.16. The summed E-state index contributed by atoms with van der Waals surface area (Å²) in [4.78, 5) is 11.8. The molecule has 1 aromatic rings. The number of hydrogen-bond donors (Lipinski definition) is 5. The molecule has 1 amide bonds. The largest absolute Gasteiger partial charge is 0.395 e. The number of rotatable bonds is 5. The van der Waals surface area contributed by atoms with Gasteiger partial charge in [0.15, 0.2) is 0 Å². The quantitative estimate of drug-likeness (QED) is 0.457. The first-order chi connectivity index (χ1) is 10.0. The van der Waals surface area contributed by atoms with Gasteiger partial charge in [0.05, 0.1) is 37.3 Å². The predicted octanol–water partition coefficient (Wildman–Crippen LogP) is -1.46. The molecule has 1 fully saturated rings. The maximum Gasteiger partial charge on any atom is 0.224 e. The van der Waals surface area contributed by atoms with Crippen LogP contribution in [0.25, 0.3) is 0 Å². The number of carbonyl (C=O) groups excluding carboxylic acids is 1. The summed E-state index contributed by atoms with van der Waals surface area (Å²) in [7, 11) is 0. The van der Waals surface area contributed by atoms with Crippen LogP contribution in [0.1, 0.15) is 5.56 Å². The lowest BCUT2D eigenvalue weighted by Crippen LogP contribution is -2.44. The Labute approximate surface area is 121 Å². The molecule has 6 nitrogen and oxygen atoms in total. The van der Waals surface area contributed by atoms with Crippen LogP contribution >= 0.6 is 0 Å². The molecule has 0 aliphatic carbocycles. The Bertz CT molecular complexity index is 482. The highest BCUT2D eigenvalue weighted by molar-refractivity contribution is 5.78. The number of hydrogen-bond acceptors (Lipinski definition) is 5. The van der Waals surface area contributed by atoms with Gasteiger partial charge in [-0.2, -0.15) is 0 Å². The fraction of sp³-hybridized carbons (Fsp3) is 0.500. The Balaban J connectivity index is 1.80. The number of amides is 1. The van der Waals surface area contributed by atoms with Gasteiger partial charge in [0.25, 0.3) is 0 Å². The molecule has 5 N–H and O–H groups in total. The van der Waals surface area contributed by atoms with Gasteiger partial charge in [-0.3, -0.25) is 4.79 Å². The fourth-order valence-electron chi connectivity index (χ4n) is 2.36. The molecule has 7 heteroatoms. The van der Waals surface area contributed by atoms with Crippen molar-refractivity contribution in [3.05, 3.63) is 35.6 Å². The first-order valence-electron chi connectivity index (χ1n) is 6.75. The van der Waals surface area contributed by atoms with Gasteiger partial charge in [-0.05, 0) is 17.7 Å². The Morgan fingerprint density at radius 2 is 1.81 bits per heavy atom. The van der Waals surface area contributed by atoms with Crippen molar-refractivity contribution in [3.8, 4) is 0 Å². The third-order valence-electron chi connectivity index (χ3n) is 3.60. The SMILES string of the molecule is O=C(Cc1ccc(F)cc1)NC[C@H]1N[C@H](CO)[C@H](O)[C@@H]1O. The minimum Gasteiger partial charge on any atom is -0.395 e. The minimum atomic E-state index is -1.06. The molecular formula is C14H19FN2O4. The summed E-state index contributed by atoms with van der Waals surface area (Å²) < 4.78 is 12.7. The van der Waals surface area contributed by atoms with Crippen LogP contribution in [0.15, 0.2) is 24.3 Å². The summed E-state index contributed by atoms with van der Waals surface area (Å²) in [5, 5.41) is 33.9. The van der Waals surface area contributed by atoms with Crippen LogP contribution in [-0.2, 0) is 11.2 Å². The lowest BCUT2D eigenvalue weighted by atomic mass is 10.1. The van der Waals surface area contributed by atoms with E-state index in [-0.39, 0.29) is 31.3 Å². The number of carbonyl (C=O) groups is 1. The number of aliphatic hydroxyl groups excluding tert-OH is 3. The molecule has 0 unspecified atom stereocenters. The summed E-state index contributed by atoms with van der Waals surface area (Å²) in [5.41, 5.74) is 0.682. The van der Waals surface area contributed by atoms with Gasteiger partial charge in [0.1, 0.15) is 5.82 Å². The maximum absolute atomic E-state index is 12.7. The molecule has 1 aromatic carbocycles. The summed E-state index contributed by atoms with van der Waals surface area (Å²) >= 11 is 0. The molecule has 1 aliphatic heterocycles. The first kappa shape index (κ1) is 15.8. The molecule has 1 heterocycles. The average Bonchev–Trinajstić information content (AvgIpc) is 2.75. The molecule has 21 heavy (non-hydrogen) atoms. The van der Waals surface area contributed by atoms with Crippen molar-refractivity contribution in [2.24, 2.45) is 0 Å². The van der Waals surface area contributed by atoms with Crippen LogP contribution in [-0.4, -0.2) is 58.7 Å². The highest BCUT2D eigenvalue weighted by atomic mass is 19.1. The topological polar surface area (TPSA) is 102 Å². The molecule has 2 rings (SSSR count). The molecule has 0 aromatic heterocycles. The Hall–Kier alpha value is -1.54. The van der Waals surface area contributed by atoms with E-state index in [1.165, 1.54) is 24.3 Å². The summed E-state index contributed by atoms with van der Waals surface area (Å²) in [6.45, 7) is -0.160. The predicted molar refractivity (Wildman–Crippen MR) is 72.9 cm³/mol. The zero-order chi connectivity index (χ0) is 15.4. The summed E-state index contributed by atoms with van der Waals surface area (Å²) in [5.74, 6) is -0.626. The fourth-order valence-corrected chi connectivity index (χ4v) is 2.36. The number of aliphatic hydroxyl groups is 3. The third kappa shape index (κ3) is 3.98. The van der Waals surface area contributed by atoms with Crippen LogP contribution in [0.2, 0.25) is 0 Å². The van der Waals surface area contributed by atoms with Gasteiger partial charge in [-0.1, -0.05) is 12.1 Å². The van der Waals surface area contributed by atoms with Crippen molar-refractivity contribution in [2.45, 2.75) is 30.7 Å². The van der Waals surface area contributed by atoms with Crippen LogP contribution < -0.4 is 10.6 Å². The van der Waals surface area contributed by atoms with E-state index in [4.69, 9.17) is 5.11 Å². The molecule has 0 radical (unpaired) electrons.